The van der Waals surface area contributed by atoms with Crippen molar-refractivity contribution in [2.75, 3.05) is 29.4 Å². The lowest BCUT2D eigenvalue weighted by Crippen LogP contribution is -2.51. The maximum atomic E-state index is 5.95. The van der Waals surface area contributed by atoms with Crippen LogP contribution in [-0.4, -0.2) is 26.0 Å². The number of hydrogen-bond donors (Lipinski definition) is 3. The summed E-state index contributed by atoms with van der Waals surface area (Å²) in [5.41, 5.74) is 7.74. The molecule has 3 N–H and O–H groups in total. The van der Waals surface area contributed by atoms with Gasteiger partial charge < -0.3 is 20.1 Å². The van der Waals surface area contributed by atoms with Gasteiger partial charge in [0.2, 0.25) is 0 Å². The molecule has 0 aromatic heterocycles. The molecule has 2 bridgehead atoms. The van der Waals surface area contributed by atoms with E-state index in [1.807, 2.05) is 55.1 Å². The first kappa shape index (κ1) is 16.8. The highest BCUT2D eigenvalue weighted by molar-refractivity contribution is 5.85. The van der Waals surface area contributed by atoms with Crippen LogP contribution in [0.2, 0.25) is 0 Å². The van der Waals surface area contributed by atoms with Gasteiger partial charge in [-0.1, -0.05) is 6.07 Å². The number of ether oxygens (including phenoxy) is 2. The molecule has 8 nitrogen and oxygen atoms in total. The summed E-state index contributed by atoms with van der Waals surface area (Å²) in [6.45, 7) is 4.46. The molecule has 0 radical (unpaired) electrons. The zero-order valence-electron chi connectivity index (χ0n) is 15.9. The molecule has 144 valence electrons. The summed E-state index contributed by atoms with van der Waals surface area (Å²) in [7, 11) is 1.66. The fourth-order valence-electron chi connectivity index (χ4n) is 3.56. The van der Waals surface area contributed by atoms with Crippen LogP contribution in [0.25, 0.3) is 0 Å². The minimum Gasteiger partial charge on any atom is -0.496 e. The van der Waals surface area contributed by atoms with Gasteiger partial charge in [0.25, 0.3) is 0 Å². The standard InChI is InChI=1S/C20H21N5O3/c1-12-4-5-14(8-18(12)26-3)23-20-22-10-13(2)19(24-28-20)25(20)15-6-7-17-16(9-15)21-11-27-17/h4-10,21,23-24H,11H2,1-3H3. The predicted octanol–water partition coefficient (Wildman–Crippen LogP) is 3.15. The van der Waals surface area contributed by atoms with E-state index in [1.54, 1.807) is 13.3 Å². The van der Waals surface area contributed by atoms with E-state index in [9.17, 15) is 0 Å². The molecule has 2 aromatic rings. The first-order valence-corrected chi connectivity index (χ1v) is 9.03. The minimum absolute atomic E-state index is 0.472. The number of rotatable bonds is 4. The van der Waals surface area contributed by atoms with Crippen LogP contribution < -0.4 is 30.5 Å². The Morgan fingerprint density at radius 3 is 2.96 bits per heavy atom. The smallest absolute Gasteiger partial charge is 0.351 e. The number of fused-ring (bicyclic) bond motifs is 3. The van der Waals surface area contributed by atoms with Crippen LogP contribution >= 0.6 is 0 Å². The predicted molar refractivity (Wildman–Crippen MR) is 108 cm³/mol. The van der Waals surface area contributed by atoms with E-state index >= 15 is 0 Å². The Morgan fingerprint density at radius 1 is 1.21 bits per heavy atom. The molecule has 5 rings (SSSR count). The molecule has 8 heteroatoms. The summed E-state index contributed by atoms with van der Waals surface area (Å²) < 4.78 is 11.0. The third kappa shape index (κ3) is 2.45. The lowest BCUT2D eigenvalue weighted by molar-refractivity contribution is -0.0214. The van der Waals surface area contributed by atoms with Gasteiger partial charge in [0.05, 0.1) is 18.5 Å². The van der Waals surface area contributed by atoms with Gasteiger partial charge in [-0.25, -0.2) is 15.3 Å². The molecular weight excluding hydrogens is 358 g/mol. The molecule has 1 fully saturated rings. The molecule has 1 saturated heterocycles. The molecule has 0 aliphatic carbocycles. The Morgan fingerprint density at radius 2 is 2.11 bits per heavy atom. The molecular formula is C20H21N5O3. The van der Waals surface area contributed by atoms with Gasteiger partial charge in [-0.05, 0) is 43.7 Å². The monoisotopic (exact) mass is 379 g/mol. The Kier molecular flexibility index (Phi) is 3.63. The summed E-state index contributed by atoms with van der Waals surface area (Å²) >= 11 is 0. The summed E-state index contributed by atoms with van der Waals surface area (Å²) in [6, 6.07) is 11.9. The Bertz CT molecular complexity index is 1020. The van der Waals surface area contributed by atoms with Gasteiger partial charge in [0, 0.05) is 23.5 Å². The van der Waals surface area contributed by atoms with Crippen LogP contribution in [0.4, 0.5) is 17.1 Å². The maximum absolute atomic E-state index is 5.95. The van der Waals surface area contributed by atoms with Gasteiger partial charge in [-0.15, -0.1) is 0 Å². The van der Waals surface area contributed by atoms with E-state index in [0.29, 0.717) is 6.73 Å². The van der Waals surface area contributed by atoms with Crippen molar-refractivity contribution in [2.24, 2.45) is 4.99 Å². The van der Waals surface area contributed by atoms with E-state index in [2.05, 4.69) is 21.1 Å². The second-order valence-corrected chi connectivity index (χ2v) is 6.89. The SMILES string of the molecule is COc1cc(NC23N=CC(C)=C(NO2)N3c2ccc3c(c2)NCO3)ccc1C. The van der Waals surface area contributed by atoms with Crippen LogP contribution in [0.1, 0.15) is 12.5 Å². The molecule has 3 aliphatic rings. The first-order valence-electron chi connectivity index (χ1n) is 9.03. The number of nitrogens with one attached hydrogen (secondary N) is 3. The number of hydrogen-bond acceptors (Lipinski definition) is 8. The van der Waals surface area contributed by atoms with Crippen molar-refractivity contribution in [1.82, 2.24) is 5.48 Å². The van der Waals surface area contributed by atoms with Crippen LogP contribution in [0.5, 0.6) is 11.5 Å². The number of aliphatic imine (C=N–C) groups is 1. The second kappa shape index (κ2) is 6.07. The average molecular weight is 379 g/mol. The third-order valence-corrected chi connectivity index (χ3v) is 5.05. The number of aryl methyl sites for hydroxylation is 1. The lowest BCUT2D eigenvalue weighted by Gasteiger charge is -2.36. The zero-order chi connectivity index (χ0) is 19.3. The molecule has 3 heterocycles. The second-order valence-electron chi connectivity index (χ2n) is 6.89. The van der Waals surface area contributed by atoms with Crippen molar-refractivity contribution in [2.45, 2.75) is 19.8 Å². The maximum Gasteiger partial charge on any atom is 0.351 e. The van der Waals surface area contributed by atoms with Crippen molar-refractivity contribution >= 4 is 23.3 Å². The average Bonchev–Trinajstić information content (AvgIpc) is 3.28. The van der Waals surface area contributed by atoms with Crippen molar-refractivity contribution in [1.29, 1.82) is 0 Å². The van der Waals surface area contributed by atoms with E-state index in [1.165, 1.54) is 0 Å². The molecule has 0 spiro atoms. The molecule has 3 aliphatic heterocycles. The number of allylic oxidation sites excluding steroid dienone is 1. The normalized spacial score (nSPS) is 21.8. The van der Waals surface area contributed by atoms with Crippen LogP contribution in [-0.2, 0) is 4.84 Å². The number of nitrogens with zero attached hydrogens (tertiary/aromatic N) is 2. The Labute approximate surface area is 162 Å². The van der Waals surface area contributed by atoms with E-state index in [-0.39, 0.29) is 0 Å². The summed E-state index contributed by atoms with van der Waals surface area (Å²) in [4.78, 5) is 12.6. The quantitative estimate of drug-likeness (QED) is 0.753. The number of anilines is 3. The number of benzene rings is 2. The van der Waals surface area contributed by atoms with Crippen molar-refractivity contribution in [3.63, 3.8) is 0 Å². The van der Waals surface area contributed by atoms with E-state index in [0.717, 1.165) is 45.5 Å². The molecule has 2 aromatic carbocycles. The molecule has 0 amide bonds. The van der Waals surface area contributed by atoms with E-state index in [4.69, 9.17) is 14.3 Å². The van der Waals surface area contributed by atoms with Gasteiger partial charge in [0.15, 0.2) is 6.73 Å². The number of hydroxylamine groups is 1. The van der Waals surface area contributed by atoms with Gasteiger partial charge in [-0.2, -0.15) is 0 Å². The highest BCUT2D eigenvalue weighted by Gasteiger charge is 2.49. The van der Waals surface area contributed by atoms with Gasteiger partial charge in [0.1, 0.15) is 17.3 Å². The Hall–Kier alpha value is -3.39. The van der Waals surface area contributed by atoms with Gasteiger partial charge >= 0.3 is 5.97 Å². The van der Waals surface area contributed by atoms with Gasteiger partial charge in [-0.3, -0.25) is 4.90 Å². The fraction of sp³-hybridized carbons (Fsp3) is 0.250. The summed E-state index contributed by atoms with van der Waals surface area (Å²) in [5, 5.41) is 6.62. The van der Waals surface area contributed by atoms with Crippen LogP contribution in [0, 0.1) is 6.92 Å². The molecule has 0 saturated carbocycles. The molecule has 1 unspecified atom stereocenters. The van der Waals surface area contributed by atoms with Crippen molar-refractivity contribution in [3.8, 4) is 11.5 Å². The van der Waals surface area contributed by atoms with Crippen molar-refractivity contribution < 1.29 is 14.3 Å². The molecule has 1 atom stereocenters. The fourth-order valence-corrected chi connectivity index (χ4v) is 3.56. The first-order chi connectivity index (χ1) is 13.6. The van der Waals surface area contributed by atoms with Crippen LogP contribution in [0.3, 0.4) is 0 Å². The lowest BCUT2D eigenvalue weighted by atomic mass is 10.2. The molecule has 28 heavy (non-hydrogen) atoms. The summed E-state index contributed by atoms with van der Waals surface area (Å²) in [5.74, 6) is 1.31. The summed E-state index contributed by atoms with van der Waals surface area (Å²) in [6.07, 6.45) is 1.80. The minimum atomic E-state index is -1.15. The third-order valence-electron chi connectivity index (χ3n) is 5.05. The van der Waals surface area contributed by atoms with Crippen LogP contribution in [0.15, 0.2) is 52.8 Å². The zero-order valence-corrected chi connectivity index (χ0v) is 15.9. The highest BCUT2D eigenvalue weighted by Crippen LogP contribution is 2.42. The van der Waals surface area contributed by atoms with Crippen molar-refractivity contribution in [3.05, 3.63) is 53.4 Å². The largest absolute Gasteiger partial charge is 0.496 e. The Balaban J connectivity index is 1.56. The topological polar surface area (TPSA) is 79.4 Å². The van der Waals surface area contributed by atoms with E-state index < -0.39 is 5.97 Å². The highest BCUT2D eigenvalue weighted by atomic mass is 16.7. The number of methoxy groups -OCH3 is 1.